The molecule has 1 N–H and O–H groups in total. The summed E-state index contributed by atoms with van der Waals surface area (Å²) < 4.78 is 25.6. The molecule has 152 valence electrons. The molecule has 0 spiro atoms. The maximum atomic E-state index is 12.2. The van der Waals surface area contributed by atoms with Crippen LogP contribution in [0.2, 0.25) is 0 Å². The third-order valence-corrected chi connectivity index (χ3v) is 5.80. The highest BCUT2D eigenvalue weighted by Crippen LogP contribution is 2.19. The van der Waals surface area contributed by atoms with Gasteiger partial charge < -0.3 is 5.32 Å². The topological polar surface area (TPSA) is 66.5 Å². The van der Waals surface area contributed by atoms with E-state index in [1.807, 2.05) is 44.2 Å². The third-order valence-electron chi connectivity index (χ3n) is 4.60. The highest BCUT2D eigenvalue weighted by molar-refractivity contribution is 7.92. The fourth-order valence-corrected chi connectivity index (χ4v) is 3.99. The minimum atomic E-state index is -3.39. The van der Waals surface area contributed by atoms with Gasteiger partial charge in [0, 0.05) is 19.0 Å². The molecule has 1 amide bonds. The molecule has 0 aliphatic rings. The lowest BCUT2D eigenvalue weighted by Crippen LogP contribution is -2.34. The van der Waals surface area contributed by atoms with Crippen molar-refractivity contribution >= 4 is 21.6 Å². The Bertz CT molecular complexity index is 849. The lowest BCUT2D eigenvalue weighted by Gasteiger charge is -2.22. The Morgan fingerprint density at radius 2 is 1.71 bits per heavy atom. The molecule has 1 atom stereocenters. The number of rotatable bonds is 10. The van der Waals surface area contributed by atoms with E-state index >= 15 is 0 Å². The van der Waals surface area contributed by atoms with E-state index in [9.17, 15) is 13.2 Å². The predicted octanol–water partition coefficient (Wildman–Crippen LogP) is 3.68. The minimum absolute atomic E-state index is 0.0436. The Hall–Kier alpha value is -2.34. The monoisotopic (exact) mass is 402 g/mol. The highest BCUT2D eigenvalue weighted by atomic mass is 32.2. The van der Waals surface area contributed by atoms with E-state index in [4.69, 9.17) is 0 Å². The van der Waals surface area contributed by atoms with Crippen LogP contribution >= 0.6 is 0 Å². The number of nitrogens with one attached hydrogen (secondary N) is 1. The Kier molecular flexibility index (Phi) is 8.05. The van der Waals surface area contributed by atoms with Crippen LogP contribution in [0, 0.1) is 6.92 Å². The van der Waals surface area contributed by atoms with Crippen molar-refractivity contribution < 1.29 is 13.2 Å². The summed E-state index contributed by atoms with van der Waals surface area (Å²) in [5, 5.41) is 3.00. The van der Waals surface area contributed by atoms with Crippen molar-refractivity contribution in [3.63, 3.8) is 0 Å². The van der Waals surface area contributed by atoms with E-state index in [1.165, 1.54) is 16.1 Å². The van der Waals surface area contributed by atoms with Gasteiger partial charge in [-0.15, -0.1) is 0 Å². The number of carbonyl (C=O) groups excluding carboxylic acids is 1. The van der Waals surface area contributed by atoms with E-state index in [0.717, 1.165) is 18.4 Å². The molecule has 0 saturated carbocycles. The highest BCUT2D eigenvalue weighted by Gasteiger charge is 2.17. The van der Waals surface area contributed by atoms with Gasteiger partial charge in [-0.25, -0.2) is 8.42 Å². The summed E-state index contributed by atoms with van der Waals surface area (Å²) in [5.74, 6) is -0.0436. The number of hydrogen-bond donors (Lipinski definition) is 1. The summed E-state index contributed by atoms with van der Waals surface area (Å²) in [6, 6.07) is 17.6. The molecule has 0 aromatic heterocycles. The lowest BCUT2D eigenvalue weighted by atomic mass is 10.1. The molecule has 28 heavy (non-hydrogen) atoms. The Balaban J connectivity index is 1.79. The second kappa shape index (κ2) is 10.3. The maximum absolute atomic E-state index is 12.2. The SMILES string of the molecule is Cc1ccc(N(CCCC(=O)N[C@H](C)CCc2ccccc2)S(C)(=O)=O)cc1. The molecular formula is C22H30N2O3S. The van der Waals surface area contributed by atoms with Gasteiger partial charge >= 0.3 is 0 Å². The first-order valence-corrected chi connectivity index (χ1v) is 11.5. The van der Waals surface area contributed by atoms with Gasteiger partial charge in [0.15, 0.2) is 0 Å². The van der Waals surface area contributed by atoms with Gasteiger partial charge in [-0.2, -0.15) is 0 Å². The molecule has 0 bridgehead atoms. The molecule has 2 rings (SSSR count). The molecule has 0 saturated heterocycles. The van der Waals surface area contributed by atoms with Crippen molar-refractivity contribution in [3.05, 3.63) is 65.7 Å². The molecule has 0 heterocycles. The van der Waals surface area contributed by atoms with Gasteiger partial charge in [0.2, 0.25) is 15.9 Å². The normalized spacial score (nSPS) is 12.4. The average Bonchev–Trinajstić information content (AvgIpc) is 2.64. The largest absolute Gasteiger partial charge is 0.354 e. The van der Waals surface area contributed by atoms with Crippen molar-refractivity contribution in [1.29, 1.82) is 0 Å². The van der Waals surface area contributed by atoms with Crippen LogP contribution in [0.3, 0.4) is 0 Å². The van der Waals surface area contributed by atoms with Crippen molar-refractivity contribution in [2.75, 3.05) is 17.1 Å². The lowest BCUT2D eigenvalue weighted by molar-refractivity contribution is -0.121. The molecule has 0 radical (unpaired) electrons. The standard InChI is InChI=1S/C22H30N2O3S/c1-18-11-15-21(16-12-18)24(28(3,26)27)17-7-10-22(25)23-19(2)13-14-20-8-5-4-6-9-20/h4-6,8-9,11-12,15-16,19H,7,10,13-14,17H2,1-3H3,(H,23,25)/t19-/m1/s1. The maximum Gasteiger partial charge on any atom is 0.232 e. The Morgan fingerprint density at radius 3 is 2.32 bits per heavy atom. The number of benzene rings is 2. The first kappa shape index (κ1) is 22.0. The van der Waals surface area contributed by atoms with Crippen LogP contribution in [-0.2, 0) is 21.2 Å². The summed E-state index contributed by atoms with van der Waals surface area (Å²) >= 11 is 0. The predicted molar refractivity (Wildman–Crippen MR) is 115 cm³/mol. The summed E-state index contributed by atoms with van der Waals surface area (Å²) in [6.45, 7) is 4.24. The molecule has 0 aliphatic carbocycles. The smallest absolute Gasteiger partial charge is 0.232 e. The van der Waals surface area contributed by atoms with E-state index < -0.39 is 10.0 Å². The van der Waals surface area contributed by atoms with Crippen LogP contribution < -0.4 is 9.62 Å². The average molecular weight is 403 g/mol. The second-order valence-electron chi connectivity index (χ2n) is 7.27. The second-order valence-corrected chi connectivity index (χ2v) is 9.17. The van der Waals surface area contributed by atoms with Crippen molar-refractivity contribution in [2.24, 2.45) is 0 Å². The zero-order chi connectivity index (χ0) is 20.6. The number of nitrogens with zero attached hydrogens (tertiary/aromatic N) is 1. The summed E-state index contributed by atoms with van der Waals surface area (Å²) in [6.07, 6.45) is 3.75. The fraction of sp³-hybridized carbons (Fsp3) is 0.409. The van der Waals surface area contributed by atoms with Gasteiger partial charge in [-0.3, -0.25) is 9.10 Å². The fourth-order valence-electron chi connectivity index (χ4n) is 3.03. The van der Waals surface area contributed by atoms with Crippen molar-refractivity contribution in [2.45, 2.75) is 45.6 Å². The summed E-state index contributed by atoms with van der Waals surface area (Å²) in [5.41, 5.74) is 2.95. The molecule has 0 fully saturated rings. The minimum Gasteiger partial charge on any atom is -0.354 e. The summed E-state index contributed by atoms with van der Waals surface area (Å²) in [4.78, 5) is 12.2. The van der Waals surface area contributed by atoms with Crippen LogP contribution in [0.5, 0.6) is 0 Å². The van der Waals surface area contributed by atoms with E-state index in [2.05, 4.69) is 17.4 Å². The zero-order valence-electron chi connectivity index (χ0n) is 16.9. The van der Waals surface area contributed by atoms with Gasteiger partial charge in [0.25, 0.3) is 0 Å². The van der Waals surface area contributed by atoms with Crippen LogP contribution in [0.25, 0.3) is 0 Å². The van der Waals surface area contributed by atoms with Gasteiger partial charge in [0.05, 0.1) is 11.9 Å². The molecule has 5 nitrogen and oxygen atoms in total. The first-order chi connectivity index (χ1) is 13.3. The van der Waals surface area contributed by atoms with E-state index in [-0.39, 0.29) is 18.5 Å². The number of anilines is 1. The summed E-state index contributed by atoms with van der Waals surface area (Å²) in [7, 11) is -3.39. The molecule has 0 aliphatic heterocycles. The molecule has 2 aromatic rings. The first-order valence-electron chi connectivity index (χ1n) is 9.63. The van der Waals surface area contributed by atoms with Gasteiger partial charge in [-0.05, 0) is 50.8 Å². The van der Waals surface area contributed by atoms with Crippen LogP contribution in [0.15, 0.2) is 54.6 Å². The van der Waals surface area contributed by atoms with Gasteiger partial charge in [0.1, 0.15) is 0 Å². The van der Waals surface area contributed by atoms with E-state index in [1.54, 1.807) is 12.1 Å². The van der Waals surface area contributed by atoms with Crippen LogP contribution in [0.1, 0.15) is 37.3 Å². The van der Waals surface area contributed by atoms with Crippen molar-refractivity contribution in [3.8, 4) is 0 Å². The van der Waals surface area contributed by atoms with Crippen LogP contribution in [-0.4, -0.2) is 33.2 Å². The number of hydrogen-bond acceptors (Lipinski definition) is 3. The molecule has 2 aromatic carbocycles. The van der Waals surface area contributed by atoms with Gasteiger partial charge in [-0.1, -0.05) is 48.0 Å². The Morgan fingerprint density at radius 1 is 1.07 bits per heavy atom. The number of aryl methyl sites for hydroxylation is 2. The quantitative estimate of drug-likeness (QED) is 0.659. The number of sulfonamides is 1. The zero-order valence-corrected chi connectivity index (χ0v) is 17.7. The number of carbonyl (C=O) groups is 1. The molecule has 6 heteroatoms. The van der Waals surface area contributed by atoms with E-state index in [0.29, 0.717) is 18.5 Å². The van der Waals surface area contributed by atoms with Crippen molar-refractivity contribution in [1.82, 2.24) is 5.32 Å². The van der Waals surface area contributed by atoms with Crippen LogP contribution in [0.4, 0.5) is 5.69 Å². The molecular weight excluding hydrogens is 372 g/mol. The Labute approximate surface area is 168 Å². The third kappa shape index (κ3) is 7.35. The molecule has 0 unspecified atom stereocenters. The number of amides is 1.